The van der Waals surface area contributed by atoms with Crippen LogP contribution in [0.1, 0.15) is 39.8 Å². The Labute approximate surface area is 186 Å². The number of hydrogen-bond donors (Lipinski definition) is 4. The van der Waals surface area contributed by atoms with Crippen LogP contribution < -0.4 is 11.2 Å². The van der Waals surface area contributed by atoms with Gasteiger partial charge >= 0.3 is 11.7 Å². The molecule has 0 aromatic carbocycles. The van der Waals surface area contributed by atoms with Crippen LogP contribution in [0.3, 0.4) is 0 Å². The smallest absolute Gasteiger partial charge is 0.351 e. The predicted octanol–water partition coefficient (Wildman–Crippen LogP) is 0.0663. The molecular formula is C20H33N3O9. The van der Waals surface area contributed by atoms with Crippen molar-refractivity contribution in [2.75, 3.05) is 38.5 Å². The summed E-state index contributed by atoms with van der Waals surface area (Å²) in [5.41, 5.74) is -0.0700. The summed E-state index contributed by atoms with van der Waals surface area (Å²) in [6.45, 7) is 6.36. The van der Waals surface area contributed by atoms with E-state index in [1.165, 1.54) is 12.3 Å². The van der Waals surface area contributed by atoms with E-state index in [-0.39, 0.29) is 25.6 Å². The number of aliphatic hydroxyl groups is 2. The van der Waals surface area contributed by atoms with Crippen LogP contribution in [0.4, 0.5) is 5.82 Å². The van der Waals surface area contributed by atoms with E-state index < -0.39 is 41.6 Å². The van der Waals surface area contributed by atoms with Crippen molar-refractivity contribution in [3.05, 3.63) is 22.7 Å². The highest BCUT2D eigenvalue weighted by Gasteiger charge is 2.46. The normalized spacial score (nSPS) is 23.3. The number of carbonyl (C=O) groups is 1. The standard InChI is InChI=1S/C20H33N3O9/c1-4-8-20(11-29-5-2,12-30-6-3)18(26)31-10-13-15(24)16(25)17(32-13)23-9-7-14(22-28)21-19(23)27/h7,9,13,15-17,24-25,28H,4-6,8,10-12H2,1-3H3,(H,21,22,27)/t13-,15-,16-,17-/m1/s1. The molecule has 0 aliphatic carbocycles. The summed E-state index contributed by atoms with van der Waals surface area (Å²) in [4.78, 5) is 28.7. The first kappa shape index (κ1) is 26.2. The summed E-state index contributed by atoms with van der Waals surface area (Å²) in [5.74, 6) is -0.632. The van der Waals surface area contributed by atoms with Crippen LogP contribution in [0.25, 0.3) is 0 Å². The maximum atomic E-state index is 13.0. The lowest BCUT2D eigenvalue weighted by molar-refractivity contribution is -0.171. The first-order chi connectivity index (χ1) is 15.3. The van der Waals surface area contributed by atoms with E-state index in [0.29, 0.717) is 26.1 Å². The SMILES string of the molecule is CCCC(COCC)(COCC)C(=O)OC[C@H]1O[C@@H](n2ccc(NO)nc2=O)[C@H](O)[C@@H]1O. The van der Waals surface area contributed by atoms with Crippen molar-refractivity contribution >= 4 is 11.8 Å². The van der Waals surface area contributed by atoms with Crippen molar-refractivity contribution in [3.63, 3.8) is 0 Å². The molecular weight excluding hydrogens is 426 g/mol. The number of ether oxygens (including phenoxy) is 4. The van der Waals surface area contributed by atoms with Crippen LogP contribution in [0.15, 0.2) is 17.1 Å². The van der Waals surface area contributed by atoms with Crippen molar-refractivity contribution in [2.24, 2.45) is 5.41 Å². The second-order valence-electron chi connectivity index (χ2n) is 7.56. The van der Waals surface area contributed by atoms with Crippen LogP contribution in [0, 0.1) is 5.41 Å². The summed E-state index contributed by atoms with van der Waals surface area (Å²) in [7, 11) is 0. The van der Waals surface area contributed by atoms with Gasteiger partial charge in [-0.05, 0) is 26.3 Å². The topological polar surface area (TPSA) is 162 Å². The summed E-state index contributed by atoms with van der Waals surface area (Å²) in [5, 5.41) is 29.6. The lowest BCUT2D eigenvalue weighted by Gasteiger charge is -2.31. The highest BCUT2D eigenvalue weighted by molar-refractivity contribution is 5.77. The number of nitrogens with one attached hydrogen (secondary N) is 1. The maximum absolute atomic E-state index is 13.0. The number of nitrogens with zero attached hydrogens (tertiary/aromatic N) is 2. The van der Waals surface area contributed by atoms with E-state index in [0.717, 1.165) is 4.57 Å². The third kappa shape index (κ3) is 6.03. The minimum atomic E-state index is -1.46. The Kier molecular flexibility index (Phi) is 10.0. The second-order valence-corrected chi connectivity index (χ2v) is 7.56. The fourth-order valence-corrected chi connectivity index (χ4v) is 3.56. The van der Waals surface area contributed by atoms with E-state index >= 15 is 0 Å². The zero-order valence-corrected chi connectivity index (χ0v) is 18.6. The van der Waals surface area contributed by atoms with Crippen LogP contribution in [0.2, 0.25) is 0 Å². The van der Waals surface area contributed by atoms with Crippen LogP contribution in [-0.4, -0.2) is 82.3 Å². The minimum Gasteiger partial charge on any atom is -0.462 e. The van der Waals surface area contributed by atoms with Gasteiger partial charge in [-0.15, -0.1) is 0 Å². The van der Waals surface area contributed by atoms with Crippen molar-refractivity contribution < 1.29 is 39.2 Å². The third-order valence-electron chi connectivity index (χ3n) is 5.26. The van der Waals surface area contributed by atoms with Gasteiger partial charge in [0.2, 0.25) is 0 Å². The fourth-order valence-electron chi connectivity index (χ4n) is 3.56. The second kappa shape index (κ2) is 12.2. The summed E-state index contributed by atoms with van der Waals surface area (Å²) >= 11 is 0. The number of anilines is 1. The molecule has 1 aromatic heterocycles. The van der Waals surface area contributed by atoms with Crippen molar-refractivity contribution in [3.8, 4) is 0 Å². The fraction of sp³-hybridized carbons (Fsp3) is 0.750. The predicted molar refractivity (Wildman–Crippen MR) is 111 cm³/mol. The van der Waals surface area contributed by atoms with Gasteiger partial charge in [-0.25, -0.2) is 4.79 Å². The number of aromatic nitrogens is 2. The molecule has 0 spiro atoms. The van der Waals surface area contributed by atoms with Crippen molar-refractivity contribution in [1.29, 1.82) is 0 Å². The van der Waals surface area contributed by atoms with Gasteiger partial charge in [0.25, 0.3) is 0 Å². The lowest BCUT2D eigenvalue weighted by atomic mass is 9.85. The largest absolute Gasteiger partial charge is 0.462 e. The molecule has 1 aromatic rings. The molecule has 12 nitrogen and oxygen atoms in total. The Morgan fingerprint density at radius 1 is 1.22 bits per heavy atom. The van der Waals surface area contributed by atoms with Crippen molar-refractivity contribution in [1.82, 2.24) is 9.55 Å². The first-order valence-corrected chi connectivity index (χ1v) is 10.7. The molecule has 4 N–H and O–H groups in total. The molecule has 1 fully saturated rings. The van der Waals surface area contributed by atoms with Crippen LogP contribution in [-0.2, 0) is 23.7 Å². The molecule has 4 atom stereocenters. The number of hydrogen-bond acceptors (Lipinski definition) is 11. The zero-order valence-electron chi connectivity index (χ0n) is 18.6. The molecule has 0 radical (unpaired) electrons. The number of carbonyl (C=O) groups excluding carboxylic acids is 1. The van der Waals surface area contributed by atoms with Gasteiger partial charge in [0.05, 0.1) is 13.2 Å². The van der Waals surface area contributed by atoms with Crippen LogP contribution >= 0.6 is 0 Å². The molecule has 0 bridgehead atoms. The number of aliphatic hydroxyl groups excluding tert-OH is 2. The summed E-state index contributed by atoms with van der Waals surface area (Å²) in [6.07, 6.45) is -2.74. The lowest BCUT2D eigenvalue weighted by Crippen LogP contribution is -2.43. The Morgan fingerprint density at radius 2 is 1.88 bits per heavy atom. The van der Waals surface area contributed by atoms with Crippen molar-refractivity contribution in [2.45, 2.75) is 58.2 Å². The Bertz CT molecular complexity index is 780. The van der Waals surface area contributed by atoms with Gasteiger partial charge in [-0.3, -0.25) is 20.0 Å². The van der Waals surface area contributed by atoms with E-state index in [9.17, 15) is 19.8 Å². The monoisotopic (exact) mass is 459 g/mol. The zero-order chi connectivity index (χ0) is 23.7. The summed E-state index contributed by atoms with van der Waals surface area (Å²) in [6, 6.07) is 1.29. The molecule has 1 saturated heterocycles. The van der Waals surface area contributed by atoms with E-state index in [1.54, 1.807) is 5.48 Å². The van der Waals surface area contributed by atoms with Gasteiger partial charge in [0, 0.05) is 19.4 Å². The molecule has 1 aliphatic rings. The molecule has 32 heavy (non-hydrogen) atoms. The van der Waals surface area contributed by atoms with Gasteiger partial charge in [0.15, 0.2) is 12.0 Å². The first-order valence-electron chi connectivity index (χ1n) is 10.7. The molecule has 1 aliphatic heterocycles. The molecule has 0 amide bonds. The third-order valence-corrected chi connectivity index (χ3v) is 5.26. The van der Waals surface area contributed by atoms with Crippen LogP contribution in [0.5, 0.6) is 0 Å². The minimum absolute atomic E-state index is 0.0828. The van der Waals surface area contributed by atoms with Gasteiger partial charge in [-0.2, -0.15) is 4.98 Å². The molecule has 0 saturated carbocycles. The molecule has 12 heteroatoms. The molecule has 2 rings (SSSR count). The van der Waals surface area contributed by atoms with Gasteiger partial charge in [-0.1, -0.05) is 13.3 Å². The van der Waals surface area contributed by atoms with Gasteiger partial charge < -0.3 is 29.2 Å². The average Bonchev–Trinajstić information content (AvgIpc) is 3.07. The molecule has 0 unspecified atom stereocenters. The molecule has 182 valence electrons. The van der Waals surface area contributed by atoms with Gasteiger partial charge in [0.1, 0.15) is 30.3 Å². The highest BCUT2D eigenvalue weighted by atomic mass is 16.6. The molecule has 2 heterocycles. The maximum Gasteiger partial charge on any atom is 0.351 e. The van der Waals surface area contributed by atoms with E-state index in [1.807, 2.05) is 20.8 Å². The van der Waals surface area contributed by atoms with E-state index in [2.05, 4.69) is 4.98 Å². The Balaban J connectivity index is 2.10. The number of rotatable bonds is 13. The highest BCUT2D eigenvalue weighted by Crippen LogP contribution is 2.31. The Hall–Kier alpha value is -2.09. The summed E-state index contributed by atoms with van der Waals surface area (Å²) < 4.78 is 23.1. The quantitative estimate of drug-likeness (QED) is 0.233. The number of esters is 1. The average molecular weight is 459 g/mol. The van der Waals surface area contributed by atoms with E-state index in [4.69, 9.17) is 24.2 Å². The Morgan fingerprint density at radius 3 is 2.41 bits per heavy atom.